The first-order chi connectivity index (χ1) is 12.2. The Labute approximate surface area is 147 Å². The van der Waals surface area contributed by atoms with Crippen molar-refractivity contribution in [2.24, 2.45) is 5.92 Å². The molecule has 0 bridgehead atoms. The molecule has 2 aliphatic rings. The van der Waals surface area contributed by atoms with Gasteiger partial charge in [-0.1, -0.05) is 0 Å². The van der Waals surface area contributed by atoms with Crippen molar-refractivity contribution in [3.63, 3.8) is 0 Å². The molecular weight excluding hydrogens is 322 g/mol. The lowest BCUT2D eigenvalue weighted by molar-refractivity contribution is -0.134. The van der Waals surface area contributed by atoms with Gasteiger partial charge in [-0.25, -0.2) is 4.79 Å². The van der Waals surface area contributed by atoms with Gasteiger partial charge in [0.15, 0.2) is 0 Å². The molecule has 1 aromatic rings. The SMILES string of the molecule is COC(CN1C(=O)CCN(Cc2ccncc2)C1=O)C1CCCOC1. The van der Waals surface area contributed by atoms with Gasteiger partial charge in [-0.3, -0.25) is 14.7 Å². The molecule has 0 saturated carbocycles. The van der Waals surface area contributed by atoms with Crippen LogP contribution in [0.5, 0.6) is 0 Å². The van der Waals surface area contributed by atoms with E-state index in [0.717, 1.165) is 25.0 Å². The van der Waals surface area contributed by atoms with Gasteiger partial charge < -0.3 is 14.4 Å². The molecule has 2 aliphatic heterocycles. The van der Waals surface area contributed by atoms with E-state index >= 15 is 0 Å². The zero-order valence-corrected chi connectivity index (χ0v) is 14.6. The fourth-order valence-electron chi connectivity index (χ4n) is 3.43. The van der Waals surface area contributed by atoms with Gasteiger partial charge in [0.1, 0.15) is 0 Å². The molecule has 7 nitrogen and oxygen atoms in total. The van der Waals surface area contributed by atoms with E-state index in [1.165, 1.54) is 4.90 Å². The first-order valence-corrected chi connectivity index (χ1v) is 8.77. The van der Waals surface area contributed by atoms with E-state index in [9.17, 15) is 9.59 Å². The molecule has 0 spiro atoms. The van der Waals surface area contributed by atoms with Gasteiger partial charge in [0.2, 0.25) is 5.91 Å². The molecule has 2 fully saturated rings. The molecule has 2 saturated heterocycles. The second-order valence-electron chi connectivity index (χ2n) is 6.57. The molecule has 3 amide bonds. The third-order valence-corrected chi connectivity index (χ3v) is 4.91. The molecular formula is C18H25N3O4. The predicted octanol–water partition coefficient (Wildman–Crippen LogP) is 1.68. The Kier molecular flexibility index (Phi) is 5.99. The van der Waals surface area contributed by atoms with E-state index in [2.05, 4.69) is 4.98 Å². The lowest BCUT2D eigenvalue weighted by Gasteiger charge is -2.38. The summed E-state index contributed by atoms with van der Waals surface area (Å²) in [6, 6.07) is 3.52. The largest absolute Gasteiger partial charge is 0.381 e. The zero-order valence-electron chi connectivity index (χ0n) is 14.6. The van der Waals surface area contributed by atoms with E-state index in [0.29, 0.717) is 26.1 Å². The van der Waals surface area contributed by atoms with Crippen LogP contribution in [-0.2, 0) is 20.8 Å². The van der Waals surface area contributed by atoms with E-state index in [-0.39, 0.29) is 30.5 Å². The molecule has 0 radical (unpaired) electrons. The maximum Gasteiger partial charge on any atom is 0.327 e. The van der Waals surface area contributed by atoms with Crippen LogP contribution in [0.2, 0.25) is 0 Å². The van der Waals surface area contributed by atoms with Crippen LogP contribution >= 0.6 is 0 Å². The van der Waals surface area contributed by atoms with Crippen molar-refractivity contribution < 1.29 is 19.1 Å². The third-order valence-electron chi connectivity index (χ3n) is 4.91. The minimum absolute atomic E-state index is 0.130. The number of nitrogens with zero attached hydrogens (tertiary/aromatic N) is 3. The number of imide groups is 1. The number of carbonyl (C=O) groups is 2. The number of pyridine rings is 1. The summed E-state index contributed by atoms with van der Waals surface area (Å²) >= 11 is 0. The van der Waals surface area contributed by atoms with Crippen molar-refractivity contribution in [3.8, 4) is 0 Å². The molecule has 7 heteroatoms. The number of hydrogen-bond donors (Lipinski definition) is 0. The third kappa shape index (κ3) is 4.35. The maximum absolute atomic E-state index is 12.8. The highest BCUT2D eigenvalue weighted by molar-refractivity contribution is 5.96. The average molecular weight is 347 g/mol. The van der Waals surface area contributed by atoms with E-state index < -0.39 is 0 Å². The summed E-state index contributed by atoms with van der Waals surface area (Å²) in [5.41, 5.74) is 1.00. The quantitative estimate of drug-likeness (QED) is 0.783. The summed E-state index contributed by atoms with van der Waals surface area (Å²) in [6.45, 7) is 2.61. The molecule has 2 atom stereocenters. The fraction of sp³-hybridized carbons (Fsp3) is 0.611. The number of amides is 3. The van der Waals surface area contributed by atoms with Crippen LogP contribution in [0.25, 0.3) is 0 Å². The van der Waals surface area contributed by atoms with Gasteiger partial charge in [-0.05, 0) is 30.5 Å². The smallest absolute Gasteiger partial charge is 0.327 e. The Hall–Kier alpha value is -1.99. The van der Waals surface area contributed by atoms with Gasteiger partial charge in [0.25, 0.3) is 0 Å². The van der Waals surface area contributed by atoms with E-state index in [1.807, 2.05) is 12.1 Å². The van der Waals surface area contributed by atoms with Crippen LogP contribution in [0.3, 0.4) is 0 Å². The summed E-state index contributed by atoms with van der Waals surface area (Å²) < 4.78 is 11.1. The number of rotatable bonds is 6. The molecule has 0 aromatic carbocycles. The monoisotopic (exact) mass is 347 g/mol. The topological polar surface area (TPSA) is 72.0 Å². The number of methoxy groups -OCH3 is 1. The van der Waals surface area contributed by atoms with Crippen molar-refractivity contribution in [1.82, 2.24) is 14.8 Å². The van der Waals surface area contributed by atoms with E-state index in [4.69, 9.17) is 9.47 Å². The zero-order chi connectivity index (χ0) is 17.6. The average Bonchev–Trinajstić information content (AvgIpc) is 2.66. The maximum atomic E-state index is 12.8. The van der Waals surface area contributed by atoms with Crippen LogP contribution in [0, 0.1) is 5.92 Å². The number of ether oxygens (including phenoxy) is 2. The van der Waals surface area contributed by atoms with E-state index in [1.54, 1.807) is 24.4 Å². The summed E-state index contributed by atoms with van der Waals surface area (Å²) in [5.74, 6) is 0.0877. The van der Waals surface area contributed by atoms with Gasteiger partial charge in [0, 0.05) is 51.5 Å². The number of hydrogen-bond acceptors (Lipinski definition) is 5. The Morgan fingerprint density at radius 1 is 1.36 bits per heavy atom. The lowest BCUT2D eigenvalue weighted by Crippen LogP contribution is -2.55. The number of aromatic nitrogens is 1. The molecule has 136 valence electrons. The Bertz CT molecular complexity index is 589. The van der Waals surface area contributed by atoms with Crippen molar-refractivity contribution in [2.45, 2.75) is 31.9 Å². The van der Waals surface area contributed by atoms with Crippen LogP contribution in [0.15, 0.2) is 24.5 Å². The normalized spacial score (nSPS) is 23.0. The van der Waals surface area contributed by atoms with Crippen LogP contribution in [0.1, 0.15) is 24.8 Å². The van der Waals surface area contributed by atoms with Crippen LogP contribution in [-0.4, -0.2) is 66.2 Å². The molecule has 25 heavy (non-hydrogen) atoms. The first-order valence-electron chi connectivity index (χ1n) is 8.77. The van der Waals surface area contributed by atoms with Gasteiger partial charge >= 0.3 is 6.03 Å². The standard InChI is InChI=1S/C18H25N3O4/c1-24-16(15-3-2-10-25-13-15)12-21-17(22)6-9-20(18(21)23)11-14-4-7-19-8-5-14/h4-5,7-8,15-16H,2-3,6,9-13H2,1H3. The highest BCUT2D eigenvalue weighted by atomic mass is 16.5. The second kappa shape index (κ2) is 8.40. The first kappa shape index (κ1) is 17.8. The van der Waals surface area contributed by atoms with Gasteiger partial charge in [-0.2, -0.15) is 0 Å². The molecule has 0 N–H and O–H groups in total. The highest BCUT2D eigenvalue weighted by Gasteiger charge is 2.36. The van der Waals surface area contributed by atoms with Crippen molar-refractivity contribution in [1.29, 1.82) is 0 Å². The number of urea groups is 1. The highest BCUT2D eigenvalue weighted by Crippen LogP contribution is 2.22. The minimum atomic E-state index is -0.244. The molecule has 3 rings (SSSR count). The molecule has 2 unspecified atom stereocenters. The molecule has 0 aliphatic carbocycles. The molecule has 3 heterocycles. The fourth-order valence-corrected chi connectivity index (χ4v) is 3.43. The molecule has 1 aromatic heterocycles. The Morgan fingerprint density at radius 2 is 2.16 bits per heavy atom. The van der Waals surface area contributed by atoms with Gasteiger partial charge in [0.05, 0.1) is 19.3 Å². The minimum Gasteiger partial charge on any atom is -0.381 e. The van der Waals surface area contributed by atoms with Crippen LogP contribution < -0.4 is 0 Å². The Balaban J connectivity index is 1.66. The predicted molar refractivity (Wildman–Crippen MR) is 90.7 cm³/mol. The summed E-state index contributed by atoms with van der Waals surface area (Å²) in [6.07, 6.45) is 5.55. The second-order valence-corrected chi connectivity index (χ2v) is 6.57. The Morgan fingerprint density at radius 3 is 2.84 bits per heavy atom. The summed E-state index contributed by atoms with van der Waals surface area (Å²) in [4.78, 5) is 32.2. The van der Waals surface area contributed by atoms with Crippen molar-refractivity contribution in [2.75, 3.05) is 33.4 Å². The summed E-state index contributed by atoms with van der Waals surface area (Å²) in [7, 11) is 1.63. The van der Waals surface area contributed by atoms with Crippen LogP contribution in [0.4, 0.5) is 4.79 Å². The number of carbonyl (C=O) groups excluding carboxylic acids is 2. The van der Waals surface area contributed by atoms with Crippen molar-refractivity contribution in [3.05, 3.63) is 30.1 Å². The lowest BCUT2D eigenvalue weighted by atomic mass is 9.95. The van der Waals surface area contributed by atoms with Gasteiger partial charge in [-0.15, -0.1) is 0 Å². The summed E-state index contributed by atoms with van der Waals surface area (Å²) in [5, 5.41) is 0. The van der Waals surface area contributed by atoms with Crippen molar-refractivity contribution >= 4 is 11.9 Å².